The van der Waals surface area contributed by atoms with Gasteiger partial charge in [-0.2, -0.15) is 5.10 Å². The lowest BCUT2D eigenvalue weighted by atomic mass is 10.1. The molecule has 38 heavy (non-hydrogen) atoms. The minimum Gasteiger partial charge on any atom is -0.467 e. The maximum Gasteiger partial charge on any atom is 0.472 e. The number of benzene rings is 1. The van der Waals surface area contributed by atoms with Crippen LogP contribution in [0.1, 0.15) is 49.4 Å². The number of phosphoric ester groups is 1. The Kier molecular flexibility index (Phi) is 9.48. The number of hydrogen-bond donors (Lipinski definition) is 3. The summed E-state index contributed by atoms with van der Waals surface area (Å²) >= 11 is 7.82. The molecule has 11 nitrogen and oxygen atoms in total. The molecule has 0 aliphatic carbocycles. The highest BCUT2D eigenvalue weighted by Crippen LogP contribution is 2.36. The quantitative estimate of drug-likeness (QED) is 0.100. The number of carbonyl (C=O) groups excluding carboxylic acids is 1. The molecule has 0 unspecified atom stereocenters. The van der Waals surface area contributed by atoms with Crippen molar-refractivity contribution < 1.29 is 28.4 Å². The zero-order valence-corrected chi connectivity index (χ0v) is 23.0. The van der Waals surface area contributed by atoms with Crippen LogP contribution in [0.4, 0.5) is 5.82 Å². The van der Waals surface area contributed by atoms with Crippen LogP contribution in [-0.4, -0.2) is 41.6 Å². The molecule has 1 aromatic carbocycles. The van der Waals surface area contributed by atoms with Gasteiger partial charge < -0.3 is 19.8 Å². The lowest BCUT2D eigenvalue weighted by Gasteiger charge is -2.09. The maximum atomic E-state index is 12.7. The van der Waals surface area contributed by atoms with Crippen LogP contribution < -0.4 is 10.1 Å². The van der Waals surface area contributed by atoms with Crippen molar-refractivity contribution in [3.63, 3.8) is 0 Å². The first kappa shape index (κ1) is 28.2. The fourth-order valence-electron chi connectivity index (χ4n) is 3.76. The second-order valence-electron chi connectivity index (χ2n) is 8.45. The van der Waals surface area contributed by atoms with Crippen molar-refractivity contribution in [1.29, 1.82) is 0 Å². The van der Waals surface area contributed by atoms with Gasteiger partial charge >= 0.3 is 7.82 Å². The van der Waals surface area contributed by atoms with Gasteiger partial charge in [-0.05, 0) is 48.3 Å². The fourth-order valence-corrected chi connectivity index (χ4v) is 4.72. The number of phosphoric acid groups is 1. The number of fused-ring (bicyclic) bond motifs is 1. The molecular formula is C24H27ClN5O6PS. The van der Waals surface area contributed by atoms with Gasteiger partial charge in [0.2, 0.25) is 0 Å². The summed E-state index contributed by atoms with van der Waals surface area (Å²) in [6.07, 6.45) is 6.96. The number of anilines is 1. The normalized spacial score (nSPS) is 11.7. The highest BCUT2D eigenvalue weighted by molar-refractivity contribution is 7.46. The van der Waals surface area contributed by atoms with Crippen LogP contribution in [0.15, 0.2) is 41.9 Å². The number of aryl methyl sites for hydroxylation is 1. The molecule has 0 saturated heterocycles. The van der Waals surface area contributed by atoms with E-state index in [1.807, 2.05) is 0 Å². The molecule has 0 fully saturated rings. The highest BCUT2D eigenvalue weighted by Gasteiger charge is 2.19. The Labute approximate surface area is 228 Å². The largest absolute Gasteiger partial charge is 0.472 e. The molecule has 0 bridgehead atoms. The number of hydrogen-bond acceptors (Lipinski definition) is 8. The number of nitrogens with zero attached hydrogens (tertiary/aromatic N) is 4. The van der Waals surface area contributed by atoms with Gasteiger partial charge in [-0.3, -0.25) is 4.79 Å². The molecule has 3 heterocycles. The van der Waals surface area contributed by atoms with E-state index >= 15 is 0 Å². The van der Waals surface area contributed by atoms with Crippen LogP contribution in [0.2, 0.25) is 5.02 Å². The molecule has 0 aliphatic rings. The Morgan fingerprint density at radius 1 is 1.18 bits per heavy atom. The summed E-state index contributed by atoms with van der Waals surface area (Å²) in [6.45, 7) is 2.21. The fraction of sp³-hybridized carbons (Fsp3) is 0.333. The summed E-state index contributed by atoms with van der Waals surface area (Å²) in [5, 5.41) is 10.2. The van der Waals surface area contributed by atoms with Crippen molar-refractivity contribution in [2.24, 2.45) is 0 Å². The molecule has 0 radical (unpaired) electrons. The minimum atomic E-state index is -4.62. The highest BCUT2D eigenvalue weighted by atomic mass is 35.5. The van der Waals surface area contributed by atoms with E-state index in [1.165, 1.54) is 24.2 Å². The molecule has 4 rings (SSSR count). The Morgan fingerprint density at radius 2 is 1.95 bits per heavy atom. The third-order valence-electron chi connectivity index (χ3n) is 5.65. The summed E-state index contributed by atoms with van der Waals surface area (Å²) in [5.74, 6) is 0.413. The van der Waals surface area contributed by atoms with Crippen LogP contribution in [0.3, 0.4) is 0 Å². The number of ether oxygens (including phenoxy) is 1. The zero-order valence-electron chi connectivity index (χ0n) is 20.5. The number of pyridine rings is 1. The number of unbranched alkanes of at least 4 members (excludes halogenated alkanes) is 4. The lowest BCUT2D eigenvalue weighted by Crippen LogP contribution is -2.12. The summed E-state index contributed by atoms with van der Waals surface area (Å²) < 4.78 is 26.1. The van der Waals surface area contributed by atoms with Gasteiger partial charge in [0.1, 0.15) is 5.75 Å². The second-order valence-corrected chi connectivity index (χ2v) is 10.8. The Hall–Kier alpha value is -2.86. The van der Waals surface area contributed by atoms with E-state index in [2.05, 4.69) is 26.2 Å². The van der Waals surface area contributed by atoms with Crippen LogP contribution in [0.5, 0.6) is 5.75 Å². The average molecular weight is 580 g/mol. The molecular weight excluding hydrogens is 553 g/mol. The smallest absolute Gasteiger partial charge is 0.467 e. The Morgan fingerprint density at radius 3 is 2.63 bits per heavy atom. The lowest BCUT2D eigenvalue weighted by molar-refractivity contribution is 0.0829. The number of rotatable bonds is 13. The van der Waals surface area contributed by atoms with E-state index < -0.39 is 14.6 Å². The summed E-state index contributed by atoms with van der Waals surface area (Å²) in [7, 11) is -4.62. The topological polar surface area (TPSA) is 149 Å². The van der Waals surface area contributed by atoms with Crippen molar-refractivity contribution in [2.75, 3.05) is 12.1 Å². The number of nitrogens with one attached hydrogen (secondary N) is 1. The third kappa shape index (κ3) is 7.37. The molecule has 0 atom stereocenters. The van der Waals surface area contributed by atoms with Crippen molar-refractivity contribution in [3.05, 3.63) is 52.5 Å². The molecule has 4 aromatic rings. The first-order chi connectivity index (χ1) is 18.2. The monoisotopic (exact) mass is 579 g/mol. The van der Waals surface area contributed by atoms with Crippen LogP contribution in [0, 0.1) is 0 Å². The maximum absolute atomic E-state index is 12.7. The van der Waals surface area contributed by atoms with Gasteiger partial charge in [-0.1, -0.05) is 44.2 Å². The summed E-state index contributed by atoms with van der Waals surface area (Å²) in [4.78, 5) is 35.0. The molecule has 14 heteroatoms. The van der Waals surface area contributed by atoms with Gasteiger partial charge in [0.05, 0.1) is 27.9 Å². The van der Waals surface area contributed by atoms with Crippen LogP contribution in [0.25, 0.3) is 22.3 Å². The third-order valence-corrected chi connectivity index (χ3v) is 6.97. The van der Waals surface area contributed by atoms with E-state index in [9.17, 15) is 9.36 Å². The molecule has 3 aromatic heterocycles. The average Bonchev–Trinajstić information content (AvgIpc) is 3.52. The van der Waals surface area contributed by atoms with E-state index in [4.69, 9.17) is 31.1 Å². The number of carbonyl (C=O) groups is 1. The zero-order chi connectivity index (χ0) is 27.1. The standard InChI is InChI=1S/C24H27ClN5O6PS/c1-2-3-4-5-6-11-30-23-19(22(29-30)28-24(31)17-13-26-38-14-17)12-20(25)21(27-23)16-7-9-18(10-8-16)35-15-36-37(32,33)34/h7-10,12-14H,2-6,11,15H2,1H3,(H,28,29,31)(H2,32,33,34). The van der Waals surface area contributed by atoms with E-state index in [-0.39, 0.29) is 5.91 Å². The van der Waals surface area contributed by atoms with E-state index in [0.717, 1.165) is 25.7 Å². The van der Waals surface area contributed by atoms with Gasteiger partial charge in [0, 0.05) is 17.5 Å². The van der Waals surface area contributed by atoms with Crippen molar-refractivity contribution in [2.45, 2.75) is 45.6 Å². The van der Waals surface area contributed by atoms with Gasteiger partial charge in [-0.25, -0.2) is 23.1 Å². The summed E-state index contributed by atoms with van der Waals surface area (Å²) in [6, 6.07) is 8.42. The molecule has 0 saturated carbocycles. The Bertz CT molecular complexity index is 1420. The first-order valence-electron chi connectivity index (χ1n) is 12.0. The van der Waals surface area contributed by atoms with Crippen molar-refractivity contribution in [3.8, 4) is 17.0 Å². The van der Waals surface area contributed by atoms with E-state index in [0.29, 0.717) is 51.0 Å². The number of amides is 1. The predicted octanol–water partition coefficient (Wildman–Crippen LogP) is 5.88. The molecule has 3 N–H and O–H groups in total. The summed E-state index contributed by atoms with van der Waals surface area (Å²) in [5.41, 5.74) is 2.26. The molecule has 202 valence electrons. The molecule has 0 spiro atoms. The van der Waals surface area contributed by atoms with Gasteiger partial charge in [-0.15, -0.1) is 0 Å². The first-order valence-corrected chi connectivity index (χ1v) is 14.7. The van der Waals surface area contributed by atoms with Crippen LogP contribution in [-0.2, 0) is 15.6 Å². The van der Waals surface area contributed by atoms with Gasteiger partial charge in [0.25, 0.3) is 5.91 Å². The van der Waals surface area contributed by atoms with Crippen molar-refractivity contribution >= 4 is 53.7 Å². The Balaban J connectivity index is 1.60. The molecule has 0 aliphatic heterocycles. The predicted molar refractivity (Wildman–Crippen MR) is 145 cm³/mol. The number of halogens is 1. The number of aromatic nitrogens is 4. The minimum absolute atomic E-state index is 0.313. The second kappa shape index (κ2) is 12.8. The van der Waals surface area contributed by atoms with Crippen molar-refractivity contribution in [1.82, 2.24) is 19.1 Å². The van der Waals surface area contributed by atoms with Gasteiger partial charge in [0.15, 0.2) is 18.3 Å². The van der Waals surface area contributed by atoms with Crippen LogP contribution >= 0.6 is 31.0 Å². The molecule has 1 amide bonds. The van der Waals surface area contributed by atoms with E-state index in [1.54, 1.807) is 40.4 Å². The SMILES string of the molecule is CCCCCCCn1nc(NC(=O)c2cnsc2)c2cc(Cl)c(-c3ccc(OCOP(=O)(O)O)cc3)nc21.